The smallest absolute Gasteiger partial charge is 0.145 e. The number of phenols is 1. The molecule has 2 rings (SSSR count). The van der Waals surface area contributed by atoms with Crippen LogP contribution in [0.25, 0.3) is 0 Å². The molecule has 122 valence electrons. The molecule has 1 aromatic heterocycles. The molecule has 0 aliphatic rings. The van der Waals surface area contributed by atoms with Crippen molar-refractivity contribution in [3.05, 3.63) is 52.8 Å². The third-order valence-electron chi connectivity index (χ3n) is 3.66. The molecule has 0 radical (unpaired) electrons. The van der Waals surface area contributed by atoms with Crippen molar-refractivity contribution in [1.29, 1.82) is 0 Å². The first kappa shape index (κ1) is 16.9. The summed E-state index contributed by atoms with van der Waals surface area (Å²) in [4.78, 5) is 8.25. The van der Waals surface area contributed by atoms with Crippen LogP contribution >= 0.6 is 0 Å². The molecule has 0 saturated carbocycles. The summed E-state index contributed by atoms with van der Waals surface area (Å²) in [6.07, 6.45) is 2.07. The first-order valence-electron chi connectivity index (χ1n) is 7.22. The van der Waals surface area contributed by atoms with E-state index in [-0.39, 0.29) is 18.1 Å². The third kappa shape index (κ3) is 3.85. The largest absolute Gasteiger partial charge is 0.508 e. The van der Waals surface area contributed by atoms with Crippen molar-refractivity contribution in [3.8, 4) is 11.5 Å². The van der Waals surface area contributed by atoms with Crippen LogP contribution in [0.3, 0.4) is 0 Å². The zero-order valence-electron chi connectivity index (χ0n) is 13.0. The van der Waals surface area contributed by atoms with Crippen molar-refractivity contribution < 1.29 is 20.4 Å². The normalized spacial score (nSPS) is 14.1. The lowest BCUT2D eigenvalue weighted by Gasteiger charge is -2.16. The molecule has 23 heavy (non-hydrogen) atoms. The van der Waals surface area contributed by atoms with Gasteiger partial charge in [0.05, 0.1) is 18.3 Å². The first-order valence-corrected chi connectivity index (χ1v) is 7.22. The molecule has 0 bridgehead atoms. The average molecular weight is 316 g/mol. The maximum Gasteiger partial charge on any atom is 0.145 e. The molecule has 6 nitrogen and oxygen atoms in total. The molecule has 0 aliphatic heterocycles. The number of benzene rings is 1. The summed E-state index contributed by atoms with van der Waals surface area (Å²) in [6.45, 7) is 3.12. The molecular weight excluding hydrogens is 296 g/mol. The molecule has 0 amide bonds. The van der Waals surface area contributed by atoms with Crippen molar-refractivity contribution in [1.82, 2.24) is 4.98 Å². The molecule has 1 heterocycles. The fourth-order valence-electron chi connectivity index (χ4n) is 2.15. The molecule has 2 atom stereocenters. The molecule has 0 spiro atoms. The van der Waals surface area contributed by atoms with Crippen LogP contribution in [0.5, 0.6) is 11.5 Å². The second kappa shape index (κ2) is 7.21. The Bertz CT molecular complexity index is 698. The zero-order chi connectivity index (χ0) is 17.0. The number of aliphatic hydroxyl groups is 2. The molecule has 0 fully saturated rings. The van der Waals surface area contributed by atoms with Gasteiger partial charge in [0.15, 0.2) is 0 Å². The van der Waals surface area contributed by atoms with Crippen molar-refractivity contribution >= 4 is 6.21 Å². The Balaban J connectivity index is 2.22. The lowest BCUT2D eigenvalue weighted by molar-refractivity contribution is 0.154. The number of pyridine rings is 1. The predicted molar refractivity (Wildman–Crippen MR) is 86.7 cm³/mol. The van der Waals surface area contributed by atoms with Crippen LogP contribution in [0.15, 0.2) is 35.5 Å². The second-order valence-electron chi connectivity index (χ2n) is 5.34. The van der Waals surface area contributed by atoms with Crippen LogP contribution in [0.1, 0.15) is 35.4 Å². The van der Waals surface area contributed by atoms with Gasteiger partial charge >= 0.3 is 0 Å². The quantitative estimate of drug-likeness (QED) is 0.630. The Morgan fingerprint density at radius 1 is 1.22 bits per heavy atom. The third-order valence-corrected chi connectivity index (χ3v) is 3.66. The van der Waals surface area contributed by atoms with Gasteiger partial charge in [-0.25, -0.2) is 0 Å². The Morgan fingerprint density at radius 3 is 2.48 bits per heavy atom. The van der Waals surface area contributed by atoms with Crippen molar-refractivity contribution in [2.24, 2.45) is 4.99 Å². The van der Waals surface area contributed by atoms with Gasteiger partial charge in [0.1, 0.15) is 17.6 Å². The van der Waals surface area contributed by atoms with E-state index in [1.807, 2.05) is 0 Å². The fourth-order valence-corrected chi connectivity index (χ4v) is 2.15. The Hall–Kier alpha value is -2.44. The Morgan fingerprint density at radius 2 is 1.87 bits per heavy atom. The van der Waals surface area contributed by atoms with Crippen LogP contribution in [0.4, 0.5) is 0 Å². The highest BCUT2D eigenvalue weighted by Crippen LogP contribution is 2.24. The predicted octanol–water partition coefficient (Wildman–Crippen LogP) is 1.83. The number of phenolic OH excluding ortho intramolecular Hbond substituents is 1. The van der Waals surface area contributed by atoms with E-state index < -0.39 is 12.1 Å². The minimum Gasteiger partial charge on any atom is -0.508 e. The Labute approximate surface area is 134 Å². The van der Waals surface area contributed by atoms with E-state index in [2.05, 4.69) is 9.98 Å². The summed E-state index contributed by atoms with van der Waals surface area (Å²) in [5, 5.41) is 38.9. The van der Waals surface area contributed by atoms with Crippen LogP contribution in [-0.2, 0) is 6.61 Å². The number of aromatic nitrogens is 1. The highest BCUT2D eigenvalue weighted by molar-refractivity contribution is 5.85. The van der Waals surface area contributed by atoms with E-state index in [1.54, 1.807) is 26.0 Å². The Kier molecular flexibility index (Phi) is 5.31. The molecule has 1 aromatic carbocycles. The van der Waals surface area contributed by atoms with Gasteiger partial charge in [-0.1, -0.05) is 12.1 Å². The second-order valence-corrected chi connectivity index (χ2v) is 5.34. The van der Waals surface area contributed by atoms with Crippen LogP contribution in [0, 0.1) is 6.92 Å². The molecule has 6 heteroatoms. The van der Waals surface area contributed by atoms with Gasteiger partial charge in [0.25, 0.3) is 0 Å². The minimum absolute atomic E-state index is 0.0355. The zero-order valence-corrected chi connectivity index (χ0v) is 13.0. The van der Waals surface area contributed by atoms with E-state index in [0.29, 0.717) is 22.4 Å². The maximum atomic E-state index is 10.3. The van der Waals surface area contributed by atoms with Gasteiger partial charge < -0.3 is 20.4 Å². The number of nitrogens with zero attached hydrogens (tertiary/aromatic N) is 2. The van der Waals surface area contributed by atoms with Gasteiger partial charge in [-0.2, -0.15) is 0 Å². The molecule has 0 saturated heterocycles. The van der Waals surface area contributed by atoms with E-state index in [1.165, 1.54) is 24.5 Å². The van der Waals surface area contributed by atoms with Gasteiger partial charge in [-0.05, 0) is 31.5 Å². The van der Waals surface area contributed by atoms with Gasteiger partial charge in [0.2, 0.25) is 0 Å². The highest BCUT2D eigenvalue weighted by Gasteiger charge is 2.16. The van der Waals surface area contributed by atoms with Crippen LogP contribution in [0.2, 0.25) is 0 Å². The van der Waals surface area contributed by atoms with Crippen LogP contribution < -0.4 is 0 Å². The first-order chi connectivity index (χ1) is 10.9. The number of rotatable bonds is 5. The number of aryl methyl sites for hydroxylation is 1. The summed E-state index contributed by atoms with van der Waals surface area (Å²) < 4.78 is 0. The van der Waals surface area contributed by atoms with Crippen molar-refractivity contribution in [2.45, 2.75) is 32.6 Å². The van der Waals surface area contributed by atoms with E-state index in [9.17, 15) is 20.4 Å². The summed E-state index contributed by atoms with van der Waals surface area (Å²) >= 11 is 0. The minimum atomic E-state index is -0.852. The number of hydrogen-bond donors (Lipinski definition) is 4. The fraction of sp³-hybridized carbons (Fsp3) is 0.294. The van der Waals surface area contributed by atoms with Gasteiger partial charge in [-0.15, -0.1) is 0 Å². The molecule has 0 aliphatic carbocycles. The van der Waals surface area contributed by atoms with Crippen molar-refractivity contribution in [2.75, 3.05) is 0 Å². The van der Waals surface area contributed by atoms with E-state index in [4.69, 9.17) is 0 Å². The van der Waals surface area contributed by atoms with Crippen molar-refractivity contribution in [3.63, 3.8) is 0 Å². The number of aromatic hydroxyl groups is 2. The number of hydrogen-bond acceptors (Lipinski definition) is 6. The lowest BCUT2D eigenvalue weighted by Crippen LogP contribution is -2.13. The topological polar surface area (TPSA) is 106 Å². The SMILES string of the molecule is Cc1ncc(CO)c(C=N[C@H](C)[C@@H](O)c2ccc(O)cc2)c1O. The number of aliphatic imine (C=N–C) groups is 1. The summed E-state index contributed by atoms with van der Waals surface area (Å²) in [7, 11) is 0. The van der Waals surface area contributed by atoms with Crippen LogP contribution in [-0.4, -0.2) is 37.7 Å². The van der Waals surface area contributed by atoms with Gasteiger partial charge in [-0.3, -0.25) is 9.98 Å². The summed E-state index contributed by atoms with van der Waals surface area (Å²) in [5.41, 5.74) is 1.92. The standard InChI is InChI=1S/C17H20N2O4/c1-10(16(22)12-3-5-14(21)6-4-12)19-8-15-13(9-20)7-18-11(2)17(15)23/h3-8,10,16,20-23H,9H2,1-2H3/t10-,16-/m1/s1. The van der Waals surface area contributed by atoms with E-state index in [0.717, 1.165) is 0 Å². The molecule has 2 aromatic rings. The molecule has 4 N–H and O–H groups in total. The maximum absolute atomic E-state index is 10.3. The summed E-state index contributed by atoms with van der Waals surface area (Å²) in [5.74, 6) is 0.0912. The number of aliphatic hydroxyl groups excluding tert-OH is 2. The highest BCUT2D eigenvalue weighted by atomic mass is 16.3. The molecule has 0 unspecified atom stereocenters. The average Bonchev–Trinajstić information content (AvgIpc) is 2.56. The summed E-state index contributed by atoms with van der Waals surface area (Å²) in [6, 6.07) is 5.77. The monoisotopic (exact) mass is 316 g/mol. The lowest BCUT2D eigenvalue weighted by atomic mass is 10.0. The van der Waals surface area contributed by atoms with Gasteiger partial charge in [0, 0.05) is 23.5 Å². The molecular formula is C17H20N2O4. The van der Waals surface area contributed by atoms with E-state index >= 15 is 0 Å².